The van der Waals surface area contributed by atoms with Crippen molar-refractivity contribution in [3.05, 3.63) is 57.5 Å². The van der Waals surface area contributed by atoms with Crippen molar-refractivity contribution >= 4 is 17.3 Å². The van der Waals surface area contributed by atoms with E-state index in [0.29, 0.717) is 6.54 Å². The van der Waals surface area contributed by atoms with E-state index < -0.39 is 4.92 Å². The summed E-state index contributed by atoms with van der Waals surface area (Å²) in [4.78, 5) is 24.5. The Bertz CT molecular complexity index is 710. The Balaban J connectivity index is 2.05. The molecule has 0 saturated carbocycles. The maximum Gasteiger partial charge on any atom is 0.293 e. The van der Waals surface area contributed by atoms with Crippen molar-refractivity contribution in [1.82, 2.24) is 4.90 Å². The normalized spacial score (nSPS) is 10.8. The van der Waals surface area contributed by atoms with E-state index in [1.807, 2.05) is 13.0 Å². The number of hydrogen-bond donors (Lipinski definition) is 1. The molecule has 1 N–H and O–H groups in total. The van der Waals surface area contributed by atoms with Crippen molar-refractivity contribution in [1.29, 1.82) is 0 Å². The molecule has 0 atom stereocenters. The second-order valence-electron chi connectivity index (χ2n) is 5.51. The zero-order valence-electron chi connectivity index (χ0n) is 13.3. The van der Waals surface area contributed by atoms with Gasteiger partial charge in [0, 0.05) is 6.07 Å². The molecule has 1 amide bonds. The number of nitrogens with zero attached hydrogens (tertiary/aromatic N) is 2. The van der Waals surface area contributed by atoms with Gasteiger partial charge in [-0.1, -0.05) is 0 Å². The molecule has 2 aromatic rings. The maximum absolute atomic E-state index is 12.1. The van der Waals surface area contributed by atoms with E-state index in [9.17, 15) is 14.9 Å². The average Bonchev–Trinajstić information content (AvgIpc) is 2.94. The van der Waals surface area contributed by atoms with Crippen LogP contribution in [0.25, 0.3) is 0 Å². The minimum Gasteiger partial charge on any atom is -0.468 e. The fourth-order valence-corrected chi connectivity index (χ4v) is 2.21. The number of anilines is 1. The number of nitrogens with one attached hydrogen (secondary N) is 1. The van der Waals surface area contributed by atoms with E-state index >= 15 is 0 Å². The van der Waals surface area contributed by atoms with Gasteiger partial charge >= 0.3 is 0 Å². The molecule has 0 spiro atoms. The number of nitro benzene ring substituents is 1. The van der Waals surface area contributed by atoms with Gasteiger partial charge in [-0.15, -0.1) is 0 Å². The van der Waals surface area contributed by atoms with E-state index in [1.165, 1.54) is 6.07 Å². The van der Waals surface area contributed by atoms with E-state index in [2.05, 4.69) is 5.32 Å². The van der Waals surface area contributed by atoms with Crippen LogP contribution in [0.4, 0.5) is 11.4 Å². The molecule has 0 aliphatic carbocycles. The Kier molecular flexibility index (Phi) is 5.13. The first-order chi connectivity index (χ1) is 10.9. The van der Waals surface area contributed by atoms with Crippen molar-refractivity contribution < 1.29 is 14.1 Å². The van der Waals surface area contributed by atoms with Crippen molar-refractivity contribution in [2.45, 2.75) is 20.4 Å². The lowest BCUT2D eigenvalue weighted by molar-refractivity contribution is -0.384. The second-order valence-corrected chi connectivity index (χ2v) is 5.51. The molecule has 1 aromatic heterocycles. The highest BCUT2D eigenvalue weighted by molar-refractivity contribution is 5.94. The Morgan fingerprint density at radius 3 is 2.65 bits per heavy atom. The number of amides is 1. The van der Waals surface area contributed by atoms with Crippen LogP contribution < -0.4 is 5.32 Å². The minimum absolute atomic E-state index is 0.102. The lowest BCUT2D eigenvalue weighted by Crippen LogP contribution is -2.30. The summed E-state index contributed by atoms with van der Waals surface area (Å²) >= 11 is 0. The summed E-state index contributed by atoms with van der Waals surface area (Å²) < 4.78 is 5.22. The lowest BCUT2D eigenvalue weighted by Gasteiger charge is -2.15. The molecule has 1 heterocycles. The summed E-state index contributed by atoms with van der Waals surface area (Å²) in [6, 6.07) is 6.69. The monoisotopic (exact) mass is 317 g/mol. The first-order valence-electron chi connectivity index (χ1n) is 7.13. The van der Waals surface area contributed by atoms with Gasteiger partial charge in [-0.3, -0.25) is 19.8 Å². The van der Waals surface area contributed by atoms with Gasteiger partial charge in [0.15, 0.2) is 0 Å². The van der Waals surface area contributed by atoms with Crippen LogP contribution in [0.3, 0.4) is 0 Å². The molecule has 122 valence electrons. The van der Waals surface area contributed by atoms with Gasteiger partial charge in [0.2, 0.25) is 5.91 Å². The molecular weight excluding hydrogens is 298 g/mol. The molecule has 0 aliphatic rings. The topological polar surface area (TPSA) is 88.6 Å². The van der Waals surface area contributed by atoms with Crippen molar-refractivity contribution in [3.63, 3.8) is 0 Å². The van der Waals surface area contributed by atoms with Crippen molar-refractivity contribution in [2.24, 2.45) is 0 Å². The van der Waals surface area contributed by atoms with Gasteiger partial charge in [0.05, 0.1) is 24.3 Å². The predicted octanol–water partition coefficient (Wildman–Crippen LogP) is 2.88. The summed E-state index contributed by atoms with van der Waals surface area (Å²) in [7, 11) is 1.77. The van der Waals surface area contributed by atoms with Gasteiger partial charge < -0.3 is 9.73 Å². The molecule has 0 fully saturated rings. The molecule has 23 heavy (non-hydrogen) atoms. The summed E-state index contributed by atoms with van der Waals surface area (Å²) in [6.45, 7) is 4.23. The number of benzene rings is 1. The van der Waals surface area contributed by atoms with Crippen molar-refractivity contribution in [2.75, 3.05) is 18.9 Å². The molecule has 7 nitrogen and oxygen atoms in total. The van der Waals surface area contributed by atoms with Crippen LogP contribution in [0.1, 0.15) is 16.9 Å². The zero-order valence-corrected chi connectivity index (χ0v) is 13.3. The highest BCUT2D eigenvalue weighted by Crippen LogP contribution is 2.27. The number of furan rings is 1. The first-order valence-corrected chi connectivity index (χ1v) is 7.13. The standard InChI is InChI=1S/C16H19N3O4/c1-11-7-14(15(19(21)22)8-12(11)2)17-16(20)10-18(3)9-13-5-4-6-23-13/h4-8H,9-10H2,1-3H3,(H,17,20). The van der Waals surface area contributed by atoms with Gasteiger partial charge in [0.25, 0.3) is 5.69 Å². The van der Waals surface area contributed by atoms with E-state index in [-0.39, 0.29) is 23.8 Å². The fourth-order valence-electron chi connectivity index (χ4n) is 2.21. The number of hydrogen-bond acceptors (Lipinski definition) is 5. The van der Waals surface area contributed by atoms with E-state index in [1.54, 1.807) is 37.3 Å². The van der Waals surface area contributed by atoms with Crippen LogP contribution >= 0.6 is 0 Å². The summed E-state index contributed by atoms with van der Waals surface area (Å²) in [5.74, 6) is 0.433. The quantitative estimate of drug-likeness (QED) is 0.653. The second kappa shape index (κ2) is 7.06. The third-order valence-electron chi connectivity index (χ3n) is 3.50. The van der Waals surface area contributed by atoms with Crippen LogP contribution in [-0.4, -0.2) is 29.3 Å². The lowest BCUT2D eigenvalue weighted by atomic mass is 10.1. The van der Waals surface area contributed by atoms with Gasteiger partial charge in [-0.2, -0.15) is 0 Å². The molecule has 0 saturated heterocycles. The number of carbonyl (C=O) groups is 1. The summed E-state index contributed by atoms with van der Waals surface area (Å²) in [5.41, 5.74) is 1.81. The zero-order chi connectivity index (χ0) is 17.0. The highest BCUT2D eigenvalue weighted by Gasteiger charge is 2.18. The predicted molar refractivity (Wildman–Crippen MR) is 86.2 cm³/mol. The SMILES string of the molecule is Cc1cc(NC(=O)CN(C)Cc2ccco2)c([N+](=O)[O-])cc1C. The van der Waals surface area contributed by atoms with Gasteiger partial charge in [0.1, 0.15) is 11.4 Å². The third kappa shape index (κ3) is 4.40. The Morgan fingerprint density at radius 2 is 2.04 bits per heavy atom. The van der Waals surface area contributed by atoms with Gasteiger partial charge in [-0.05, 0) is 50.2 Å². The van der Waals surface area contributed by atoms with Crippen molar-refractivity contribution in [3.8, 4) is 0 Å². The molecule has 1 aromatic carbocycles. The largest absolute Gasteiger partial charge is 0.468 e. The minimum atomic E-state index is -0.491. The Morgan fingerprint density at radius 1 is 1.35 bits per heavy atom. The number of likely N-dealkylation sites (N-methyl/N-ethyl adjacent to an activating group) is 1. The number of aryl methyl sites for hydroxylation is 2. The van der Waals surface area contributed by atoms with Gasteiger partial charge in [-0.25, -0.2) is 0 Å². The van der Waals surface area contributed by atoms with E-state index in [4.69, 9.17) is 4.42 Å². The molecule has 2 rings (SSSR count). The molecule has 7 heteroatoms. The fraction of sp³-hybridized carbons (Fsp3) is 0.312. The summed E-state index contributed by atoms with van der Waals surface area (Å²) in [5, 5.41) is 13.7. The van der Waals surface area contributed by atoms with Crippen LogP contribution in [-0.2, 0) is 11.3 Å². The highest BCUT2D eigenvalue weighted by atomic mass is 16.6. The average molecular weight is 317 g/mol. The van der Waals surface area contributed by atoms with Crippen LogP contribution in [0, 0.1) is 24.0 Å². The number of carbonyl (C=O) groups excluding carboxylic acids is 1. The Hall–Kier alpha value is -2.67. The van der Waals surface area contributed by atoms with E-state index in [0.717, 1.165) is 16.9 Å². The molecule has 0 unspecified atom stereocenters. The molecule has 0 radical (unpaired) electrons. The van der Waals surface area contributed by atoms with Crippen LogP contribution in [0.2, 0.25) is 0 Å². The number of rotatable bonds is 6. The smallest absolute Gasteiger partial charge is 0.293 e. The summed E-state index contributed by atoms with van der Waals surface area (Å²) in [6.07, 6.45) is 1.57. The molecular formula is C16H19N3O4. The Labute approximate surface area is 134 Å². The molecule has 0 bridgehead atoms. The maximum atomic E-state index is 12.1. The number of nitro groups is 1. The third-order valence-corrected chi connectivity index (χ3v) is 3.50. The first kappa shape index (κ1) is 16.7. The molecule has 0 aliphatic heterocycles. The van der Waals surface area contributed by atoms with Crippen LogP contribution in [0.15, 0.2) is 34.9 Å². The van der Waals surface area contributed by atoms with Crippen LogP contribution in [0.5, 0.6) is 0 Å².